The largest absolute Gasteiger partial charge is 0.476 e. The molecule has 1 aromatic rings. The van der Waals surface area contributed by atoms with Gasteiger partial charge in [0.15, 0.2) is 5.71 Å². The molecular formula is C14H14N2O4S. The van der Waals surface area contributed by atoms with Crippen molar-refractivity contribution < 1.29 is 18.3 Å². The van der Waals surface area contributed by atoms with Gasteiger partial charge in [-0.3, -0.25) is 0 Å². The van der Waals surface area contributed by atoms with Gasteiger partial charge in [-0.25, -0.2) is 4.79 Å². The summed E-state index contributed by atoms with van der Waals surface area (Å²) in [6, 6.07) is 7.85. The van der Waals surface area contributed by atoms with E-state index in [4.69, 9.17) is 5.11 Å². The van der Waals surface area contributed by atoms with Crippen molar-refractivity contribution in [1.29, 1.82) is 0 Å². The average molecular weight is 306 g/mol. The van der Waals surface area contributed by atoms with Gasteiger partial charge in [-0.05, 0) is 30.5 Å². The van der Waals surface area contributed by atoms with Crippen LogP contribution in [-0.2, 0) is 21.2 Å². The third-order valence-electron chi connectivity index (χ3n) is 3.62. The molecule has 0 aliphatic carbocycles. The predicted molar refractivity (Wildman–Crippen MR) is 79.0 cm³/mol. The number of carboxylic acid groups (broad SMARTS) is 1. The van der Waals surface area contributed by atoms with E-state index in [1.807, 2.05) is 29.2 Å². The summed E-state index contributed by atoms with van der Waals surface area (Å²) < 4.78 is 27.1. The fourth-order valence-electron chi connectivity index (χ4n) is 2.63. The summed E-state index contributed by atoms with van der Waals surface area (Å²) in [7, 11) is -3.86. The lowest BCUT2D eigenvalue weighted by atomic mass is 10.0. The molecule has 0 saturated carbocycles. The van der Waals surface area contributed by atoms with Crippen LogP contribution in [-0.4, -0.2) is 38.3 Å². The molecule has 0 aromatic heterocycles. The lowest BCUT2D eigenvalue weighted by Crippen LogP contribution is -2.32. The molecule has 7 heteroatoms. The highest BCUT2D eigenvalue weighted by Crippen LogP contribution is 2.29. The summed E-state index contributed by atoms with van der Waals surface area (Å²) in [6.07, 6.45) is 3.06. The number of rotatable bonds is 3. The molecule has 21 heavy (non-hydrogen) atoms. The molecule has 6 nitrogen and oxygen atoms in total. The number of aliphatic carboxylic acids is 1. The van der Waals surface area contributed by atoms with Gasteiger partial charge in [0.05, 0.1) is 11.4 Å². The van der Waals surface area contributed by atoms with Gasteiger partial charge in [0.25, 0.3) is 10.0 Å². The maximum absolute atomic E-state index is 11.9. The lowest BCUT2D eigenvalue weighted by Gasteiger charge is -2.31. The van der Waals surface area contributed by atoms with Crippen molar-refractivity contribution in [2.75, 3.05) is 18.0 Å². The molecule has 0 amide bonds. The first-order valence-electron chi connectivity index (χ1n) is 6.59. The standard InChI is InChI=1S/C14H14N2O4S/c17-14(18)12-8-11(21(19,20)15-12)9-16-7-3-5-10-4-1-2-6-13(10)16/h1-2,4,6,8H,3,5,7,9H2,(H,17,18). The van der Waals surface area contributed by atoms with Gasteiger partial charge in [-0.2, -0.15) is 12.8 Å². The zero-order valence-electron chi connectivity index (χ0n) is 11.2. The van der Waals surface area contributed by atoms with Crippen molar-refractivity contribution in [2.24, 2.45) is 4.40 Å². The Morgan fingerprint density at radius 1 is 1.33 bits per heavy atom. The number of sulfonamides is 1. The van der Waals surface area contributed by atoms with Gasteiger partial charge in [0, 0.05) is 12.2 Å². The molecule has 0 radical (unpaired) electrons. The van der Waals surface area contributed by atoms with Crippen LogP contribution in [0.5, 0.6) is 0 Å². The van der Waals surface area contributed by atoms with Crippen molar-refractivity contribution in [1.82, 2.24) is 0 Å². The van der Waals surface area contributed by atoms with Gasteiger partial charge in [-0.1, -0.05) is 18.2 Å². The average Bonchev–Trinajstić information content (AvgIpc) is 2.75. The number of carbonyl (C=O) groups is 1. The summed E-state index contributed by atoms with van der Waals surface area (Å²) in [4.78, 5) is 12.9. The van der Waals surface area contributed by atoms with Crippen molar-refractivity contribution in [3.63, 3.8) is 0 Å². The van der Waals surface area contributed by atoms with Crippen molar-refractivity contribution in [3.05, 3.63) is 40.8 Å². The molecule has 2 aliphatic heterocycles. The maximum atomic E-state index is 11.9. The molecule has 0 fully saturated rings. The van der Waals surface area contributed by atoms with E-state index >= 15 is 0 Å². The zero-order valence-corrected chi connectivity index (χ0v) is 12.0. The minimum atomic E-state index is -3.86. The highest BCUT2D eigenvalue weighted by atomic mass is 32.2. The molecule has 2 aliphatic rings. The highest BCUT2D eigenvalue weighted by Gasteiger charge is 2.30. The van der Waals surface area contributed by atoms with Gasteiger partial charge in [0.2, 0.25) is 0 Å². The minimum Gasteiger partial charge on any atom is -0.476 e. The smallest absolute Gasteiger partial charge is 0.355 e. The van der Waals surface area contributed by atoms with Crippen molar-refractivity contribution >= 4 is 27.4 Å². The van der Waals surface area contributed by atoms with Crippen LogP contribution in [0, 0.1) is 0 Å². The Hall–Kier alpha value is -2.15. The SMILES string of the molecule is O=C(O)C1=NS(=O)(=O)C(CN2CCCc3ccccc32)=C1. The molecule has 0 saturated heterocycles. The third kappa shape index (κ3) is 2.56. The number of aryl methyl sites for hydroxylation is 1. The van der Waals surface area contributed by atoms with Crippen LogP contribution in [0.2, 0.25) is 0 Å². The molecular weight excluding hydrogens is 292 g/mol. The number of hydrogen-bond acceptors (Lipinski definition) is 4. The van der Waals surface area contributed by atoms with E-state index in [9.17, 15) is 13.2 Å². The first-order chi connectivity index (χ1) is 9.97. The van der Waals surface area contributed by atoms with Gasteiger partial charge < -0.3 is 10.0 Å². The Morgan fingerprint density at radius 2 is 2.10 bits per heavy atom. The van der Waals surface area contributed by atoms with Crippen LogP contribution in [0.15, 0.2) is 39.6 Å². The molecule has 0 bridgehead atoms. The Labute approximate surface area is 122 Å². The van der Waals surface area contributed by atoms with Gasteiger partial charge in [0.1, 0.15) is 0 Å². The molecule has 1 aromatic carbocycles. The monoisotopic (exact) mass is 306 g/mol. The number of anilines is 1. The van der Waals surface area contributed by atoms with Crippen molar-refractivity contribution in [2.45, 2.75) is 12.8 Å². The van der Waals surface area contributed by atoms with E-state index in [1.54, 1.807) is 0 Å². The quantitative estimate of drug-likeness (QED) is 0.906. The molecule has 3 rings (SSSR count). The van der Waals surface area contributed by atoms with Crippen LogP contribution in [0.1, 0.15) is 12.0 Å². The number of hydrogen-bond donors (Lipinski definition) is 1. The summed E-state index contributed by atoms with van der Waals surface area (Å²) in [5, 5.41) is 8.87. The van der Waals surface area contributed by atoms with E-state index in [2.05, 4.69) is 4.40 Å². The summed E-state index contributed by atoms with van der Waals surface area (Å²) in [5.41, 5.74) is 1.76. The van der Waals surface area contributed by atoms with Crippen molar-refractivity contribution in [3.8, 4) is 0 Å². The fourth-order valence-corrected chi connectivity index (χ4v) is 3.72. The Morgan fingerprint density at radius 3 is 2.81 bits per heavy atom. The van der Waals surface area contributed by atoms with E-state index < -0.39 is 21.7 Å². The van der Waals surface area contributed by atoms with Crippen LogP contribution in [0.4, 0.5) is 5.69 Å². The molecule has 0 unspecified atom stereocenters. The van der Waals surface area contributed by atoms with Gasteiger partial charge in [-0.15, -0.1) is 0 Å². The van der Waals surface area contributed by atoms with E-state index in [-0.39, 0.29) is 11.4 Å². The second-order valence-electron chi connectivity index (χ2n) is 5.02. The predicted octanol–water partition coefficient (Wildman–Crippen LogP) is 1.19. The van der Waals surface area contributed by atoms with Crippen LogP contribution in [0.3, 0.4) is 0 Å². The first-order valence-corrected chi connectivity index (χ1v) is 8.03. The van der Waals surface area contributed by atoms with Crippen LogP contribution in [0.25, 0.3) is 0 Å². The van der Waals surface area contributed by atoms with Crippen LogP contribution < -0.4 is 4.90 Å². The highest BCUT2D eigenvalue weighted by molar-refractivity contribution is 7.94. The lowest BCUT2D eigenvalue weighted by molar-refractivity contribution is -0.129. The number of fused-ring (bicyclic) bond motifs is 1. The Kier molecular flexibility index (Phi) is 3.29. The summed E-state index contributed by atoms with van der Waals surface area (Å²) >= 11 is 0. The Balaban J connectivity index is 1.89. The third-order valence-corrected chi connectivity index (χ3v) is 4.97. The maximum Gasteiger partial charge on any atom is 0.355 e. The van der Waals surface area contributed by atoms with Gasteiger partial charge >= 0.3 is 5.97 Å². The number of carboxylic acids is 1. The molecule has 2 heterocycles. The molecule has 1 N–H and O–H groups in total. The second kappa shape index (κ2) is 5.00. The second-order valence-corrected chi connectivity index (χ2v) is 6.68. The summed E-state index contributed by atoms with van der Waals surface area (Å²) in [5.74, 6) is -1.33. The number of nitrogens with zero attached hydrogens (tertiary/aromatic N) is 2. The molecule has 110 valence electrons. The van der Waals surface area contributed by atoms with E-state index in [0.29, 0.717) is 0 Å². The Bertz CT molecular complexity index is 765. The zero-order chi connectivity index (χ0) is 15.0. The number of para-hydroxylation sites is 1. The van der Waals surface area contributed by atoms with Crippen LogP contribution >= 0.6 is 0 Å². The van der Waals surface area contributed by atoms with E-state index in [0.717, 1.165) is 31.1 Å². The normalized spacial score (nSPS) is 19.7. The summed E-state index contributed by atoms with van der Waals surface area (Å²) in [6.45, 7) is 0.895. The molecule has 0 spiro atoms. The minimum absolute atomic E-state index is 0.0385. The topological polar surface area (TPSA) is 87.0 Å². The number of benzene rings is 1. The fraction of sp³-hybridized carbons (Fsp3) is 0.286. The molecule has 0 atom stereocenters. The van der Waals surface area contributed by atoms with E-state index in [1.165, 1.54) is 5.56 Å². The first kappa shape index (κ1) is 13.8.